The van der Waals surface area contributed by atoms with Crippen LogP contribution in [-0.4, -0.2) is 49.0 Å². The highest BCUT2D eigenvalue weighted by atomic mass is 19.4. The number of carbonyl (C=O) groups is 1. The lowest BCUT2D eigenvalue weighted by Gasteiger charge is -2.20. The molecule has 1 amide bonds. The maximum absolute atomic E-state index is 12.9. The van der Waals surface area contributed by atoms with Crippen LogP contribution in [0.2, 0.25) is 0 Å². The summed E-state index contributed by atoms with van der Waals surface area (Å²) in [5.41, 5.74) is 0.0451. The smallest absolute Gasteiger partial charge is 0.357 e. The molecule has 1 aromatic carbocycles. The van der Waals surface area contributed by atoms with E-state index >= 15 is 0 Å². The van der Waals surface area contributed by atoms with Crippen molar-refractivity contribution in [2.75, 3.05) is 26.2 Å². The van der Waals surface area contributed by atoms with E-state index in [1.54, 1.807) is 6.07 Å². The number of hydrogen-bond donors (Lipinski definition) is 2. The number of likely N-dealkylation sites (tertiary alicyclic amines) is 1. The molecule has 168 valence electrons. The number of hydrogen-bond acceptors (Lipinski definition) is 2. The summed E-state index contributed by atoms with van der Waals surface area (Å²) in [5, 5.41) is 6.58. The first kappa shape index (κ1) is 24.0. The molecule has 2 rings (SSSR count). The van der Waals surface area contributed by atoms with Crippen LogP contribution in [0.15, 0.2) is 29.3 Å². The molecule has 1 heterocycles. The molecular weight excluding hydrogens is 393 g/mol. The molecule has 5 nitrogen and oxygen atoms in total. The maximum atomic E-state index is 12.9. The fourth-order valence-electron chi connectivity index (χ4n) is 3.51. The minimum Gasteiger partial charge on any atom is -0.357 e. The first-order valence-electron chi connectivity index (χ1n) is 10.6. The van der Waals surface area contributed by atoms with Gasteiger partial charge in [-0.25, -0.2) is 0 Å². The Morgan fingerprint density at radius 3 is 2.67 bits per heavy atom. The summed E-state index contributed by atoms with van der Waals surface area (Å²) in [6.07, 6.45) is -2.83. The van der Waals surface area contributed by atoms with Crippen LogP contribution in [0.25, 0.3) is 0 Å². The number of alkyl halides is 3. The van der Waals surface area contributed by atoms with E-state index in [1.807, 2.05) is 32.6 Å². The average molecular weight is 427 g/mol. The Labute approximate surface area is 177 Å². The molecule has 2 N–H and O–H groups in total. The molecule has 1 aromatic rings. The van der Waals surface area contributed by atoms with Crippen molar-refractivity contribution < 1.29 is 18.0 Å². The molecule has 8 heteroatoms. The summed E-state index contributed by atoms with van der Waals surface area (Å²) in [6, 6.07) is 5.64. The van der Waals surface area contributed by atoms with Crippen molar-refractivity contribution in [1.29, 1.82) is 0 Å². The van der Waals surface area contributed by atoms with Gasteiger partial charge in [-0.05, 0) is 37.3 Å². The van der Waals surface area contributed by atoms with Crippen LogP contribution >= 0.6 is 0 Å². The summed E-state index contributed by atoms with van der Waals surface area (Å²) in [6.45, 7) is 10.3. The third kappa shape index (κ3) is 6.92. The van der Waals surface area contributed by atoms with Gasteiger partial charge in [-0.15, -0.1) is 0 Å². The highest BCUT2D eigenvalue weighted by Crippen LogP contribution is 2.31. The van der Waals surface area contributed by atoms with Crippen molar-refractivity contribution >= 4 is 11.9 Å². The molecular formula is C22H33F3N4O. The molecule has 1 saturated heterocycles. The van der Waals surface area contributed by atoms with Crippen LogP contribution in [0.5, 0.6) is 0 Å². The summed E-state index contributed by atoms with van der Waals surface area (Å²) in [5.74, 6) is 0.793. The molecule has 30 heavy (non-hydrogen) atoms. The second kappa shape index (κ2) is 10.7. The summed E-state index contributed by atoms with van der Waals surface area (Å²) in [7, 11) is 0. The van der Waals surface area contributed by atoms with Crippen molar-refractivity contribution in [2.45, 2.75) is 58.7 Å². The Balaban J connectivity index is 1.91. The van der Waals surface area contributed by atoms with Crippen molar-refractivity contribution in [3.63, 3.8) is 0 Å². The molecule has 0 radical (unpaired) electrons. The number of nitrogens with zero attached hydrogens (tertiary/aromatic N) is 2. The minimum atomic E-state index is -4.33. The lowest BCUT2D eigenvalue weighted by molar-refractivity contribution is -0.137. The summed E-state index contributed by atoms with van der Waals surface area (Å²) < 4.78 is 38.8. The van der Waals surface area contributed by atoms with E-state index in [0.29, 0.717) is 37.6 Å². The second-order valence-electron chi connectivity index (χ2n) is 8.14. The van der Waals surface area contributed by atoms with Crippen LogP contribution in [-0.2, 0) is 11.0 Å². The topological polar surface area (TPSA) is 56.7 Å². The van der Waals surface area contributed by atoms with Gasteiger partial charge in [0, 0.05) is 38.1 Å². The predicted octanol–water partition coefficient (Wildman–Crippen LogP) is 4.01. The predicted molar refractivity (Wildman–Crippen MR) is 113 cm³/mol. The monoisotopic (exact) mass is 426 g/mol. The Kier molecular flexibility index (Phi) is 8.55. The first-order chi connectivity index (χ1) is 14.1. The average Bonchev–Trinajstić information content (AvgIpc) is 3.15. The highest BCUT2D eigenvalue weighted by Gasteiger charge is 2.31. The lowest BCUT2D eigenvalue weighted by atomic mass is 9.96. The van der Waals surface area contributed by atoms with Gasteiger partial charge in [-0.1, -0.05) is 39.0 Å². The van der Waals surface area contributed by atoms with E-state index < -0.39 is 11.7 Å². The van der Waals surface area contributed by atoms with Crippen LogP contribution in [0.1, 0.15) is 57.6 Å². The minimum absolute atomic E-state index is 0.0111. The van der Waals surface area contributed by atoms with Gasteiger partial charge in [-0.2, -0.15) is 13.2 Å². The van der Waals surface area contributed by atoms with E-state index in [9.17, 15) is 18.0 Å². The molecule has 0 bridgehead atoms. The zero-order chi connectivity index (χ0) is 22.3. The van der Waals surface area contributed by atoms with Crippen LogP contribution < -0.4 is 10.6 Å². The van der Waals surface area contributed by atoms with Gasteiger partial charge in [0.15, 0.2) is 5.96 Å². The zero-order valence-electron chi connectivity index (χ0n) is 18.2. The van der Waals surface area contributed by atoms with Gasteiger partial charge in [0.1, 0.15) is 0 Å². The third-order valence-electron chi connectivity index (χ3n) is 5.29. The highest BCUT2D eigenvalue weighted by molar-refractivity contribution is 5.81. The second-order valence-corrected chi connectivity index (χ2v) is 8.14. The van der Waals surface area contributed by atoms with Crippen molar-refractivity contribution in [3.8, 4) is 0 Å². The summed E-state index contributed by atoms with van der Waals surface area (Å²) >= 11 is 0. The quantitative estimate of drug-likeness (QED) is 0.512. The van der Waals surface area contributed by atoms with E-state index in [2.05, 4.69) is 15.6 Å². The largest absolute Gasteiger partial charge is 0.416 e. The van der Waals surface area contributed by atoms with Gasteiger partial charge in [0.25, 0.3) is 0 Å². The fourth-order valence-corrected chi connectivity index (χ4v) is 3.51. The Morgan fingerprint density at radius 2 is 2.03 bits per heavy atom. The maximum Gasteiger partial charge on any atom is 0.416 e. The number of amides is 1. The van der Waals surface area contributed by atoms with Crippen LogP contribution in [0.4, 0.5) is 13.2 Å². The van der Waals surface area contributed by atoms with Gasteiger partial charge < -0.3 is 15.5 Å². The number of guanidine groups is 1. The number of benzene rings is 1. The van der Waals surface area contributed by atoms with Crippen LogP contribution in [0, 0.1) is 5.92 Å². The van der Waals surface area contributed by atoms with E-state index in [1.165, 1.54) is 12.1 Å². The molecule has 0 aliphatic carbocycles. The molecule has 1 fully saturated rings. The molecule has 1 aliphatic rings. The van der Waals surface area contributed by atoms with E-state index in [-0.39, 0.29) is 23.8 Å². The Morgan fingerprint density at radius 1 is 1.30 bits per heavy atom. The molecule has 2 atom stereocenters. The lowest BCUT2D eigenvalue weighted by Crippen LogP contribution is -2.45. The van der Waals surface area contributed by atoms with Crippen molar-refractivity contribution in [2.24, 2.45) is 10.9 Å². The molecule has 1 aliphatic heterocycles. The van der Waals surface area contributed by atoms with Crippen LogP contribution in [0.3, 0.4) is 0 Å². The molecule has 2 unspecified atom stereocenters. The number of rotatable bonds is 7. The Hall–Kier alpha value is -2.25. The van der Waals surface area contributed by atoms with E-state index in [4.69, 9.17) is 0 Å². The summed E-state index contributed by atoms with van der Waals surface area (Å²) in [4.78, 5) is 18.6. The number of carbonyl (C=O) groups excluding carboxylic acids is 1. The number of halogens is 3. The number of aliphatic imine (C=N–C) groups is 1. The molecule has 0 aromatic heterocycles. The third-order valence-corrected chi connectivity index (χ3v) is 5.29. The van der Waals surface area contributed by atoms with Gasteiger partial charge in [0.2, 0.25) is 5.91 Å². The Bertz CT molecular complexity index is 733. The molecule has 0 saturated carbocycles. The van der Waals surface area contributed by atoms with Gasteiger partial charge >= 0.3 is 6.18 Å². The van der Waals surface area contributed by atoms with Gasteiger partial charge in [-0.3, -0.25) is 9.79 Å². The van der Waals surface area contributed by atoms with E-state index in [0.717, 1.165) is 19.0 Å². The fraction of sp³-hybridized carbons (Fsp3) is 0.636. The van der Waals surface area contributed by atoms with Crippen molar-refractivity contribution in [3.05, 3.63) is 35.4 Å². The molecule has 0 spiro atoms. The SMILES string of the molecule is CCNC(=NCCC(C)c1cccc(C(F)(F)F)c1)NC1CCN(C(=O)C(C)C)C1. The van der Waals surface area contributed by atoms with Gasteiger partial charge in [0.05, 0.1) is 5.56 Å². The first-order valence-corrected chi connectivity index (χ1v) is 10.6. The number of nitrogens with one attached hydrogen (secondary N) is 2. The standard InChI is InChI=1S/C22H33F3N4O/c1-5-26-21(28-19-10-12-29(14-19)20(30)15(2)3)27-11-9-16(4)17-7-6-8-18(13-17)22(23,24)25/h6-8,13,15-16,19H,5,9-12,14H2,1-4H3,(H2,26,27,28). The van der Waals surface area contributed by atoms with Crippen molar-refractivity contribution in [1.82, 2.24) is 15.5 Å². The normalized spacial score (nSPS) is 18.6. The zero-order valence-corrected chi connectivity index (χ0v) is 18.2.